The van der Waals surface area contributed by atoms with Crippen LogP contribution in [-0.4, -0.2) is 18.5 Å². The zero-order valence-corrected chi connectivity index (χ0v) is 6.49. The van der Waals surface area contributed by atoms with Gasteiger partial charge in [-0.2, -0.15) is 0 Å². The molecular weight excluding hydrogens is 154 g/mol. The van der Waals surface area contributed by atoms with Crippen molar-refractivity contribution in [2.45, 2.75) is 19.8 Å². The van der Waals surface area contributed by atoms with E-state index in [1.807, 2.05) is 0 Å². The molecule has 0 amide bonds. The van der Waals surface area contributed by atoms with E-state index in [-0.39, 0.29) is 5.57 Å². The lowest BCUT2D eigenvalue weighted by molar-refractivity contribution is -0.148. The third-order valence-electron chi connectivity index (χ3n) is 0.805. The highest BCUT2D eigenvalue weighted by Gasteiger charge is 2.23. The second-order valence-corrected chi connectivity index (χ2v) is 2.43. The lowest BCUT2D eigenvalue weighted by Gasteiger charge is -2.09. The smallest absolute Gasteiger partial charge is 0.333 e. The second-order valence-electron chi connectivity index (χ2n) is 2.43. The molecule has 0 radical (unpaired) electrons. The summed E-state index contributed by atoms with van der Waals surface area (Å²) in [6.07, 6.45) is 0. The fraction of sp³-hybridized carbons (Fsp3) is 0.571. The summed E-state index contributed by atoms with van der Waals surface area (Å²) < 4.78 is 28.3. The minimum Gasteiger partial charge on any atom is -0.456 e. The van der Waals surface area contributed by atoms with Crippen LogP contribution in [0.15, 0.2) is 12.2 Å². The van der Waals surface area contributed by atoms with Crippen molar-refractivity contribution >= 4 is 5.97 Å². The van der Waals surface area contributed by atoms with Crippen molar-refractivity contribution in [3.8, 4) is 0 Å². The molecule has 11 heavy (non-hydrogen) atoms. The molecule has 0 bridgehead atoms. The van der Waals surface area contributed by atoms with Gasteiger partial charge in [0.25, 0.3) is 5.92 Å². The largest absolute Gasteiger partial charge is 0.456 e. The Bertz CT molecular complexity index is 170. The number of carbonyl (C=O) groups is 1. The molecular formula is C7H10F2O2. The SMILES string of the molecule is C=C(C)C(=O)OCC(C)(F)F. The van der Waals surface area contributed by atoms with E-state index < -0.39 is 18.5 Å². The van der Waals surface area contributed by atoms with Crippen LogP contribution in [0.3, 0.4) is 0 Å². The number of ether oxygens (including phenoxy) is 1. The maximum atomic E-state index is 12.0. The van der Waals surface area contributed by atoms with Crippen molar-refractivity contribution in [1.82, 2.24) is 0 Å². The maximum absolute atomic E-state index is 12.0. The van der Waals surface area contributed by atoms with Crippen LogP contribution in [-0.2, 0) is 9.53 Å². The number of hydrogen-bond acceptors (Lipinski definition) is 2. The predicted octanol–water partition coefficient (Wildman–Crippen LogP) is 1.76. The molecule has 0 spiro atoms. The van der Waals surface area contributed by atoms with E-state index in [2.05, 4.69) is 11.3 Å². The van der Waals surface area contributed by atoms with E-state index in [1.165, 1.54) is 6.92 Å². The molecule has 0 unspecified atom stereocenters. The molecule has 0 N–H and O–H groups in total. The Morgan fingerprint density at radius 3 is 2.36 bits per heavy atom. The molecule has 0 saturated carbocycles. The van der Waals surface area contributed by atoms with Gasteiger partial charge < -0.3 is 4.74 Å². The van der Waals surface area contributed by atoms with Crippen LogP contribution in [0.4, 0.5) is 8.78 Å². The van der Waals surface area contributed by atoms with Crippen LogP contribution in [0.5, 0.6) is 0 Å². The Hall–Kier alpha value is -0.930. The first kappa shape index (κ1) is 10.1. The molecule has 0 heterocycles. The Morgan fingerprint density at radius 1 is 1.64 bits per heavy atom. The minimum atomic E-state index is -2.97. The molecule has 0 aliphatic rings. The highest BCUT2D eigenvalue weighted by Crippen LogP contribution is 2.11. The summed E-state index contributed by atoms with van der Waals surface area (Å²) in [5, 5.41) is 0. The average molecular weight is 164 g/mol. The minimum absolute atomic E-state index is 0.120. The van der Waals surface area contributed by atoms with E-state index in [4.69, 9.17) is 0 Å². The van der Waals surface area contributed by atoms with Crippen molar-refractivity contribution in [3.05, 3.63) is 12.2 Å². The first-order valence-corrected chi connectivity index (χ1v) is 3.03. The van der Waals surface area contributed by atoms with Gasteiger partial charge in [-0.3, -0.25) is 0 Å². The zero-order chi connectivity index (χ0) is 9.07. The normalized spacial score (nSPS) is 10.9. The van der Waals surface area contributed by atoms with E-state index in [0.717, 1.165) is 0 Å². The first-order valence-electron chi connectivity index (χ1n) is 3.03. The van der Waals surface area contributed by atoms with Crippen LogP contribution < -0.4 is 0 Å². The van der Waals surface area contributed by atoms with Gasteiger partial charge in [-0.25, -0.2) is 13.6 Å². The van der Waals surface area contributed by atoms with Crippen molar-refractivity contribution in [2.24, 2.45) is 0 Å². The van der Waals surface area contributed by atoms with Gasteiger partial charge in [-0.15, -0.1) is 0 Å². The van der Waals surface area contributed by atoms with E-state index in [1.54, 1.807) is 0 Å². The highest BCUT2D eigenvalue weighted by molar-refractivity contribution is 5.86. The zero-order valence-electron chi connectivity index (χ0n) is 6.49. The van der Waals surface area contributed by atoms with Crippen LogP contribution >= 0.6 is 0 Å². The first-order chi connectivity index (χ1) is 4.83. The molecule has 0 rings (SSSR count). The highest BCUT2D eigenvalue weighted by atomic mass is 19.3. The lowest BCUT2D eigenvalue weighted by atomic mass is 10.3. The predicted molar refractivity (Wildman–Crippen MR) is 36.4 cm³/mol. The fourth-order valence-electron chi connectivity index (χ4n) is 0.315. The fourth-order valence-corrected chi connectivity index (χ4v) is 0.315. The van der Waals surface area contributed by atoms with Gasteiger partial charge in [0.15, 0.2) is 6.61 Å². The summed E-state index contributed by atoms with van der Waals surface area (Å²) in [5.74, 6) is -3.75. The number of rotatable bonds is 3. The third-order valence-corrected chi connectivity index (χ3v) is 0.805. The van der Waals surface area contributed by atoms with Crippen molar-refractivity contribution < 1.29 is 18.3 Å². The van der Waals surface area contributed by atoms with Crippen molar-refractivity contribution in [2.75, 3.05) is 6.61 Å². The van der Waals surface area contributed by atoms with Crippen LogP contribution in [0.1, 0.15) is 13.8 Å². The number of carbonyl (C=O) groups excluding carboxylic acids is 1. The van der Waals surface area contributed by atoms with Gasteiger partial charge in [0.05, 0.1) is 0 Å². The molecule has 0 aromatic carbocycles. The summed E-state index contributed by atoms with van der Waals surface area (Å²) in [4.78, 5) is 10.5. The number of halogens is 2. The van der Waals surface area contributed by atoms with Gasteiger partial charge in [0, 0.05) is 12.5 Å². The summed E-state index contributed by atoms with van der Waals surface area (Å²) in [5.41, 5.74) is 0.120. The lowest BCUT2D eigenvalue weighted by Crippen LogP contribution is -2.21. The van der Waals surface area contributed by atoms with Gasteiger partial charge in [-0.1, -0.05) is 6.58 Å². The Balaban J connectivity index is 3.73. The standard InChI is InChI=1S/C7H10F2O2/c1-5(2)6(10)11-4-7(3,8)9/h1,4H2,2-3H3. The maximum Gasteiger partial charge on any atom is 0.333 e. The molecule has 64 valence electrons. The van der Waals surface area contributed by atoms with Gasteiger partial charge >= 0.3 is 5.97 Å². The molecule has 0 fully saturated rings. The average Bonchev–Trinajstić information content (AvgIpc) is 1.80. The van der Waals surface area contributed by atoms with Crippen LogP contribution in [0.2, 0.25) is 0 Å². The molecule has 0 aliphatic heterocycles. The Kier molecular flexibility index (Phi) is 3.17. The van der Waals surface area contributed by atoms with E-state index >= 15 is 0 Å². The van der Waals surface area contributed by atoms with Gasteiger partial charge in [0.1, 0.15) is 0 Å². The van der Waals surface area contributed by atoms with Crippen LogP contribution in [0, 0.1) is 0 Å². The van der Waals surface area contributed by atoms with E-state index in [0.29, 0.717) is 6.92 Å². The molecule has 0 saturated heterocycles. The van der Waals surface area contributed by atoms with Crippen molar-refractivity contribution in [3.63, 3.8) is 0 Å². The van der Waals surface area contributed by atoms with Gasteiger partial charge in [0.2, 0.25) is 0 Å². The molecule has 0 aromatic rings. The Morgan fingerprint density at radius 2 is 2.09 bits per heavy atom. The van der Waals surface area contributed by atoms with E-state index in [9.17, 15) is 13.6 Å². The van der Waals surface area contributed by atoms with Crippen LogP contribution in [0.25, 0.3) is 0 Å². The summed E-state index contributed by atoms with van der Waals surface area (Å²) in [6, 6.07) is 0. The molecule has 0 aromatic heterocycles. The summed E-state index contributed by atoms with van der Waals surface area (Å²) in [6.45, 7) is 4.42. The monoisotopic (exact) mass is 164 g/mol. The van der Waals surface area contributed by atoms with Gasteiger partial charge in [-0.05, 0) is 6.92 Å². The number of alkyl halides is 2. The summed E-state index contributed by atoms with van der Waals surface area (Å²) in [7, 11) is 0. The molecule has 0 atom stereocenters. The quantitative estimate of drug-likeness (QED) is 0.469. The number of esters is 1. The third kappa shape index (κ3) is 5.51. The molecule has 2 nitrogen and oxygen atoms in total. The summed E-state index contributed by atoms with van der Waals surface area (Å²) >= 11 is 0. The molecule has 4 heteroatoms. The topological polar surface area (TPSA) is 26.3 Å². The second kappa shape index (κ2) is 3.46. The Labute approximate surface area is 63.8 Å². The number of hydrogen-bond donors (Lipinski definition) is 0. The molecule has 0 aliphatic carbocycles. The van der Waals surface area contributed by atoms with Crippen molar-refractivity contribution in [1.29, 1.82) is 0 Å².